The number of halogens is 1. The van der Waals surface area contributed by atoms with Crippen molar-refractivity contribution in [1.29, 1.82) is 0 Å². The molecular weight excluding hydrogens is 422 g/mol. The number of carbonyl (C=O) groups is 2. The summed E-state index contributed by atoms with van der Waals surface area (Å²) in [5, 5.41) is 8.14. The first-order valence-corrected chi connectivity index (χ1v) is 10.7. The van der Waals surface area contributed by atoms with Crippen LogP contribution in [-0.4, -0.2) is 48.0 Å². The average molecular weight is 442 g/mol. The zero-order chi connectivity index (χ0) is 20.9. The molecular formula is C21H20ClN5O2S. The topological polar surface area (TPSA) is 77.6 Å². The van der Waals surface area contributed by atoms with Gasteiger partial charge in [-0.3, -0.25) is 10.1 Å². The number of piperazine rings is 1. The predicted octanol–water partition coefficient (Wildman–Crippen LogP) is 4.40. The summed E-state index contributed by atoms with van der Waals surface area (Å²) in [6.07, 6.45) is 0. The Morgan fingerprint density at radius 1 is 0.967 bits per heavy atom. The molecule has 4 rings (SSSR count). The summed E-state index contributed by atoms with van der Waals surface area (Å²) in [6, 6.07) is 16.4. The maximum atomic E-state index is 12.8. The molecule has 9 heteroatoms. The fourth-order valence-electron chi connectivity index (χ4n) is 3.21. The van der Waals surface area contributed by atoms with Gasteiger partial charge in [0.15, 0.2) is 5.13 Å². The number of aromatic nitrogens is 1. The van der Waals surface area contributed by atoms with E-state index in [1.165, 1.54) is 11.3 Å². The molecule has 7 nitrogen and oxygen atoms in total. The lowest BCUT2D eigenvalue weighted by Crippen LogP contribution is -2.48. The van der Waals surface area contributed by atoms with E-state index in [4.69, 9.17) is 11.6 Å². The molecule has 0 radical (unpaired) electrons. The van der Waals surface area contributed by atoms with Crippen LogP contribution in [0.2, 0.25) is 5.02 Å². The van der Waals surface area contributed by atoms with Crippen molar-refractivity contribution in [3.8, 4) is 0 Å². The highest BCUT2D eigenvalue weighted by Gasteiger charge is 2.24. The van der Waals surface area contributed by atoms with Gasteiger partial charge >= 0.3 is 6.03 Å². The van der Waals surface area contributed by atoms with Crippen LogP contribution in [0.5, 0.6) is 0 Å². The first kappa shape index (κ1) is 20.2. The Morgan fingerprint density at radius 2 is 1.73 bits per heavy atom. The number of nitrogens with zero attached hydrogens (tertiary/aromatic N) is 3. The van der Waals surface area contributed by atoms with Gasteiger partial charge in [-0.1, -0.05) is 35.9 Å². The normalized spacial score (nSPS) is 13.8. The van der Waals surface area contributed by atoms with Crippen molar-refractivity contribution in [2.45, 2.75) is 0 Å². The van der Waals surface area contributed by atoms with Crippen molar-refractivity contribution < 1.29 is 9.59 Å². The minimum atomic E-state index is -0.398. The Balaban J connectivity index is 1.31. The summed E-state index contributed by atoms with van der Waals surface area (Å²) in [4.78, 5) is 33.1. The molecule has 1 aromatic heterocycles. The van der Waals surface area contributed by atoms with Gasteiger partial charge in [0.05, 0.1) is 0 Å². The molecule has 1 saturated heterocycles. The van der Waals surface area contributed by atoms with Gasteiger partial charge in [-0.15, -0.1) is 11.3 Å². The highest BCUT2D eigenvalue weighted by molar-refractivity contribution is 7.14. The SMILES string of the molecule is O=C(Nc1ccccc1)Nc1nc(C(=O)N2CCN(c3cccc(Cl)c3)CC2)cs1. The van der Waals surface area contributed by atoms with E-state index in [1.807, 2.05) is 42.5 Å². The largest absolute Gasteiger partial charge is 0.368 e. The van der Waals surface area contributed by atoms with Crippen LogP contribution in [0.25, 0.3) is 0 Å². The van der Waals surface area contributed by atoms with E-state index in [-0.39, 0.29) is 5.91 Å². The number of benzene rings is 2. The van der Waals surface area contributed by atoms with E-state index in [9.17, 15) is 9.59 Å². The average Bonchev–Trinajstić information content (AvgIpc) is 3.22. The first-order valence-electron chi connectivity index (χ1n) is 9.47. The molecule has 0 unspecified atom stereocenters. The zero-order valence-electron chi connectivity index (χ0n) is 16.0. The number of hydrogen-bond donors (Lipinski definition) is 2. The van der Waals surface area contributed by atoms with Gasteiger partial charge in [0.2, 0.25) is 0 Å². The van der Waals surface area contributed by atoms with Crippen LogP contribution in [-0.2, 0) is 0 Å². The molecule has 3 aromatic rings. The second-order valence-corrected chi connectivity index (χ2v) is 8.04. The van der Waals surface area contributed by atoms with E-state index in [2.05, 4.69) is 20.5 Å². The van der Waals surface area contributed by atoms with Crippen molar-refractivity contribution in [2.24, 2.45) is 0 Å². The summed E-state index contributed by atoms with van der Waals surface area (Å²) in [7, 11) is 0. The minimum absolute atomic E-state index is 0.131. The van der Waals surface area contributed by atoms with Gasteiger partial charge in [0.1, 0.15) is 5.69 Å². The Hall–Kier alpha value is -3.10. The Kier molecular flexibility index (Phi) is 6.15. The third-order valence-corrected chi connectivity index (χ3v) is 5.71. The molecule has 1 aliphatic heterocycles. The fraction of sp³-hybridized carbons (Fsp3) is 0.190. The van der Waals surface area contributed by atoms with E-state index in [0.717, 1.165) is 18.8 Å². The number of hydrogen-bond acceptors (Lipinski definition) is 5. The Morgan fingerprint density at radius 3 is 2.47 bits per heavy atom. The van der Waals surface area contributed by atoms with Crippen LogP contribution in [0.3, 0.4) is 0 Å². The molecule has 0 bridgehead atoms. The summed E-state index contributed by atoms with van der Waals surface area (Å²) >= 11 is 7.30. The summed E-state index contributed by atoms with van der Waals surface area (Å²) in [6.45, 7) is 2.64. The smallest absolute Gasteiger partial charge is 0.325 e. The number of rotatable bonds is 4. The number of anilines is 3. The fourth-order valence-corrected chi connectivity index (χ4v) is 4.08. The minimum Gasteiger partial charge on any atom is -0.368 e. The van der Waals surface area contributed by atoms with Crippen LogP contribution in [0.15, 0.2) is 60.0 Å². The molecule has 3 amide bonds. The number of amides is 3. The van der Waals surface area contributed by atoms with Crippen LogP contribution in [0.1, 0.15) is 10.5 Å². The molecule has 0 atom stereocenters. The molecule has 2 aromatic carbocycles. The summed E-state index contributed by atoms with van der Waals surface area (Å²) in [5.74, 6) is -0.131. The highest BCUT2D eigenvalue weighted by Crippen LogP contribution is 2.22. The van der Waals surface area contributed by atoms with Gasteiger partial charge in [-0.2, -0.15) is 0 Å². The maximum absolute atomic E-state index is 12.8. The molecule has 0 aliphatic carbocycles. The number of carbonyl (C=O) groups excluding carboxylic acids is 2. The lowest BCUT2D eigenvalue weighted by atomic mass is 10.2. The van der Waals surface area contributed by atoms with Crippen molar-refractivity contribution in [3.63, 3.8) is 0 Å². The predicted molar refractivity (Wildman–Crippen MR) is 121 cm³/mol. The third kappa shape index (κ3) is 4.90. The first-order chi connectivity index (χ1) is 14.6. The Labute approximate surface area is 183 Å². The van der Waals surface area contributed by atoms with Gasteiger partial charge in [-0.05, 0) is 30.3 Å². The molecule has 1 aliphatic rings. The molecule has 154 valence electrons. The van der Waals surface area contributed by atoms with Crippen molar-refractivity contribution >= 4 is 51.4 Å². The van der Waals surface area contributed by atoms with E-state index < -0.39 is 6.03 Å². The van der Waals surface area contributed by atoms with Gasteiger partial charge < -0.3 is 15.1 Å². The Bertz CT molecular complexity index is 1030. The number of thiazole rings is 1. The van der Waals surface area contributed by atoms with Crippen molar-refractivity contribution in [2.75, 3.05) is 41.7 Å². The summed E-state index contributed by atoms with van der Waals surface area (Å²) in [5.41, 5.74) is 2.07. The molecule has 1 fully saturated rings. The van der Waals surface area contributed by atoms with Crippen molar-refractivity contribution in [1.82, 2.24) is 9.88 Å². The van der Waals surface area contributed by atoms with Crippen LogP contribution < -0.4 is 15.5 Å². The molecule has 2 N–H and O–H groups in total. The van der Waals surface area contributed by atoms with E-state index in [1.54, 1.807) is 22.4 Å². The highest BCUT2D eigenvalue weighted by atomic mass is 35.5. The summed E-state index contributed by atoms with van der Waals surface area (Å²) < 4.78 is 0. The monoisotopic (exact) mass is 441 g/mol. The molecule has 30 heavy (non-hydrogen) atoms. The number of nitrogens with one attached hydrogen (secondary N) is 2. The van der Waals surface area contributed by atoms with Crippen LogP contribution in [0.4, 0.5) is 21.3 Å². The van der Waals surface area contributed by atoms with Crippen LogP contribution in [0, 0.1) is 0 Å². The third-order valence-electron chi connectivity index (χ3n) is 4.72. The molecule has 0 saturated carbocycles. The van der Waals surface area contributed by atoms with Crippen molar-refractivity contribution in [3.05, 3.63) is 70.7 Å². The second kappa shape index (κ2) is 9.15. The second-order valence-electron chi connectivity index (χ2n) is 6.74. The number of para-hydroxylation sites is 1. The van der Waals surface area contributed by atoms with Crippen LogP contribution >= 0.6 is 22.9 Å². The van der Waals surface area contributed by atoms with Gasteiger partial charge in [-0.25, -0.2) is 9.78 Å². The lowest BCUT2D eigenvalue weighted by Gasteiger charge is -2.35. The molecule has 2 heterocycles. The van der Waals surface area contributed by atoms with E-state index in [0.29, 0.717) is 34.6 Å². The maximum Gasteiger partial charge on any atom is 0.325 e. The zero-order valence-corrected chi connectivity index (χ0v) is 17.6. The van der Waals surface area contributed by atoms with E-state index >= 15 is 0 Å². The quantitative estimate of drug-likeness (QED) is 0.629. The molecule has 0 spiro atoms. The number of urea groups is 1. The lowest BCUT2D eigenvalue weighted by molar-refractivity contribution is 0.0741. The van der Waals surface area contributed by atoms with Gasteiger partial charge in [0, 0.05) is 48.0 Å². The van der Waals surface area contributed by atoms with Gasteiger partial charge in [0.25, 0.3) is 5.91 Å². The standard InChI is InChI=1S/C21H20ClN5O2S/c22-15-5-4-8-17(13-15)26-9-11-27(12-10-26)19(28)18-14-30-21(24-18)25-20(29)23-16-6-2-1-3-7-16/h1-8,13-14H,9-12H2,(H2,23,24,25,29).